The average Bonchev–Trinajstić information content (AvgIpc) is 3.09. The first kappa shape index (κ1) is 16.9. The lowest BCUT2D eigenvalue weighted by Gasteiger charge is -2.29. The number of aliphatic hydroxyl groups is 1. The van der Waals surface area contributed by atoms with Crippen LogP contribution in [-0.4, -0.2) is 20.8 Å². The zero-order valence-electron chi connectivity index (χ0n) is 14.3. The van der Waals surface area contributed by atoms with Crippen LogP contribution in [0.25, 0.3) is 0 Å². The van der Waals surface area contributed by atoms with Gasteiger partial charge in [0.25, 0.3) is 5.91 Å². The smallest absolute Gasteiger partial charge is 0.261 e. The molecule has 0 aliphatic heterocycles. The second-order valence-electron chi connectivity index (χ2n) is 6.08. The summed E-state index contributed by atoms with van der Waals surface area (Å²) in [4.78, 5) is 13.1. The molecule has 1 amide bonds. The van der Waals surface area contributed by atoms with Gasteiger partial charge in [-0.3, -0.25) is 9.48 Å². The molecule has 0 saturated carbocycles. The van der Waals surface area contributed by atoms with Crippen molar-refractivity contribution in [2.24, 2.45) is 7.05 Å². The van der Waals surface area contributed by atoms with Crippen LogP contribution in [0.5, 0.6) is 0 Å². The molecule has 2 N–H and O–H groups in total. The van der Waals surface area contributed by atoms with Gasteiger partial charge in [0.05, 0.1) is 12.2 Å². The quantitative estimate of drug-likeness (QED) is 0.753. The normalized spacial score (nSPS) is 12.6. The number of amides is 1. The number of rotatable bonds is 5. The van der Waals surface area contributed by atoms with E-state index in [9.17, 15) is 9.90 Å². The van der Waals surface area contributed by atoms with E-state index in [1.165, 1.54) is 0 Å². The minimum Gasteiger partial charge on any atom is -0.372 e. The van der Waals surface area contributed by atoms with Gasteiger partial charge in [0.15, 0.2) is 5.60 Å². The molecular formula is C20H21N3O2. The number of nitrogens with zero attached hydrogens (tertiary/aromatic N) is 2. The Balaban J connectivity index is 1.96. The van der Waals surface area contributed by atoms with Crippen LogP contribution in [-0.2, 0) is 17.4 Å². The summed E-state index contributed by atoms with van der Waals surface area (Å²) < 4.78 is 1.68. The summed E-state index contributed by atoms with van der Waals surface area (Å²) in [5, 5.41) is 18.4. The Hall–Kier alpha value is -2.92. The SMILES string of the molecule is CC(NC(=O)C(O)(c1ccccc1)c1ccccc1)c1cnn(C)c1. The highest BCUT2D eigenvalue weighted by molar-refractivity contribution is 5.90. The van der Waals surface area contributed by atoms with Crippen LogP contribution < -0.4 is 5.32 Å². The number of hydrogen-bond donors (Lipinski definition) is 2. The second kappa shape index (κ2) is 6.91. The molecule has 5 heteroatoms. The van der Waals surface area contributed by atoms with E-state index in [1.807, 2.05) is 32.3 Å². The lowest BCUT2D eigenvalue weighted by Crippen LogP contribution is -2.46. The van der Waals surface area contributed by atoms with Gasteiger partial charge in [0.1, 0.15) is 0 Å². The van der Waals surface area contributed by atoms with E-state index >= 15 is 0 Å². The van der Waals surface area contributed by atoms with Crippen molar-refractivity contribution in [3.63, 3.8) is 0 Å². The van der Waals surface area contributed by atoms with Crippen LogP contribution in [0.15, 0.2) is 73.1 Å². The molecule has 25 heavy (non-hydrogen) atoms. The maximum atomic E-state index is 13.1. The van der Waals surface area contributed by atoms with Crippen molar-refractivity contribution in [2.75, 3.05) is 0 Å². The van der Waals surface area contributed by atoms with E-state index in [0.29, 0.717) is 11.1 Å². The Morgan fingerprint density at radius 3 is 2.04 bits per heavy atom. The van der Waals surface area contributed by atoms with Gasteiger partial charge in [0.2, 0.25) is 0 Å². The topological polar surface area (TPSA) is 67.2 Å². The number of carbonyl (C=O) groups is 1. The highest BCUT2D eigenvalue weighted by Gasteiger charge is 2.40. The molecule has 0 aliphatic carbocycles. The monoisotopic (exact) mass is 335 g/mol. The zero-order valence-corrected chi connectivity index (χ0v) is 14.3. The van der Waals surface area contributed by atoms with Crippen molar-refractivity contribution in [1.82, 2.24) is 15.1 Å². The number of aryl methyl sites for hydroxylation is 1. The molecule has 0 bridgehead atoms. The van der Waals surface area contributed by atoms with Gasteiger partial charge in [-0.2, -0.15) is 5.10 Å². The molecule has 0 fully saturated rings. The highest BCUT2D eigenvalue weighted by atomic mass is 16.3. The summed E-state index contributed by atoms with van der Waals surface area (Å²) in [6, 6.07) is 17.7. The van der Waals surface area contributed by atoms with E-state index in [0.717, 1.165) is 5.56 Å². The Morgan fingerprint density at radius 2 is 1.60 bits per heavy atom. The molecule has 128 valence electrons. The van der Waals surface area contributed by atoms with Crippen molar-refractivity contribution in [3.05, 3.63) is 89.7 Å². The number of nitrogens with one attached hydrogen (secondary N) is 1. The minimum absolute atomic E-state index is 0.278. The summed E-state index contributed by atoms with van der Waals surface area (Å²) in [7, 11) is 1.82. The van der Waals surface area contributed by atoms with Crippen LogP contribution >= 0.6 is 0 Å². The first-order chi connectivity index (χ1) is 12.0. The Morgan fingerprint density at radius 1 is 1.08 bits per heavy atom. The maximum absolute atomic E-state index is 13.1. The summed E-state index contributed by atoms with van der Waals surface area (Å²) in [6.45, 7) is 1.87. The zero-order chi connectivity index (χ0) is 17.9. The van der Waals surface area contributed by atoms with Crippen molar-refractivity contribution in [2.45, 2.75) is 18.6 Å². The van der Waals surface area contributed by atoms with E-state index in [2.05, 4.69) is 10.4 Å². The minimum atomic E-state index is -1.76. The lowest BCUT2D eigenvalue weighted by molar-refractivity contribution is -0.137. The largest absolute Gasteiger partial charge is 0.372 e. The highest BCUT2D eigenvalue weighted by Crippen LogP contribution is 2.30. The molecular weight excluding hydrogens is 314 g/mol. The molecule has 2 aromatic carbocycles. The van der Waals surface area contributed by atoms with Crippen LogP contribution in [0.3, 0.4) is 0 Å². The summed E-state index contributed by atoms with van der Waals surface area (Å²) in [5.41, 5.74) is 0.160. The van der Waals surface area contributed by atoms with Gasteiger partial charge >= 0.3 is 0 Å². The predicted molar refractivity (Wildman–Crippen MR) is 95.6 cm³/mol. The van der Waals surface area contributed by atoms with E-state index in [4.69, 9.17) is 0 Å². The fourth-order valence-corrected chi connectivity index (χ4v) is 2.84. The van der Waals surface area contributed by atoms with Crippen LogP contribution in [0.4, 0.5) is 0 Å². The third-order valence-electron chi connectivity index (χ3n) is 4.28. The van der Waals surface area contributed by atoms with Crippen LogP contribution in [0.1, 0.15) is 29.7 Å². The average molecular weight is 335 g/mol. The Labute approximate surface area is 146 Å². The summed E-state index contributed by atoms with van der Waals surface area (Å²) in [5.74, 6) is -0.471. The van der Waals surface area contributed by atoms with Crippen molar-refractivity contribution in [1.29, 1.82) is 0 Å². The lowest BCUT2D eigenvalue weighted by atomic mass is 9.85. The van der Waals surface area contributed by atoms with E-state index in [-0.39, 0.29) is 6.04 Å². The van der Waals surface area contributed by atoms with Gasteiger partial charge in [-0.15, -0.1) is 0 Å². The molecule has 0 aliphatic rings. The summed E-state index contributed by atoms with van der Waals surface area (Å²) >= 11 is 0. The fraction of sp³-hybridized carbons (Fsp3) is 0.200. The number of carbonyl (C=O) groups excluding carboxylic acids is 1. The molecule has 0 saturated heterocycles. The summed E-state index contributed by atoms with van der Waals surface area (Å²) in [6.07, 6.45) is 3.55. The first-order valence-electron chi connectivity index (χ1n) is 8.14. The number of hydrogen-bond acceptors (Lipinski definition) is 3. The molecule has 3 aromatic rings. The third kappa shape index (κ3) is 3.32. The number of aromatic nitrogens is 2. The van der Waals surface area contributed by atoms with Crippen molar-refractivity contribution in [3.8, 4) is 0 Å². The Kier molecular flexibility index (Phi) is 4.67. The number of benzene rings is 2. The molecule has 5 nitrogen and oxygen atoms in total. The molecule has 0 spiro atoms. The maximum Gasteiger partial charge on any atom is 0.261 e. The molecule has 1 aromatic heterocycles. The fourth-order valence-electron chi connectivity index (χ4n) is 2.84. The van der Waals surface area contributed by atoms with Gasteiger partial charge in [-0.05, 0) is 18.1 Å². The van der Waals surface area contributed by atoms with Gasteiger partial charge in [-0.1, -0.05) is 60.7 Å². The Bertz CT molecular complexity index is 804. The molecule has 1 atom stereocenters. The first-order valence-corrected chi connectivity index (χ1v) is 8.14. The standard InChI is InChI=1S/C20H21N3O2/c1-15(16-13-21-23(2)14-16)22-19(24)20(25,17-9-5-3-6-10-17)18-11-7-4-8-12-18/h3-15,25H,1-2H3,(H,22,24). The molecule has 1 heterocycles. The molecule has 0 radical (unpaired) electrons. The van der Waals surface area contributed by atoms with Crippen molar-refractivity contribution < 1.29 is 9.90 Å². The van der Waals surface area contributed by atoms with Gasteiger partial charge < -0.3 is 10.4 Å². The van der Waals surface area contributed by atoms with Gasteiger partial charge in [0, 0.05) is 18.8 Å². The van der Waals surface area contributed by atoms with E-state index in [1.54, 1.807) is 59.4 Å². The van der Waals surface area contributed by atoms with E-state index < -0.39 is 11.5 Å². The molecule has 1 unspecified atom stereocenters. The van der Waals surface area contributed by atoms with Crippen molar-refractivity contribution >= 4 is 5.91 Å². The predicted octanol–water partition coefficient (Wildman–Crippen LogP) is 2.53. The van der Waals surface area contributed by atoms with Crippen LogP contribution in [0, 0.1) is 0 Å². The van der Waals surface area contributed by atoms with Gasteiger partial charge in [-0.25, -0.2) is 0 Å². The second-order valence-corrected chi connectivity index (χ2v) is 6.08. The third-order valence-corrected chi connectivity index (χ3v) is 4.28. The van der Waals surface area contributed by atoms with Crippen LogP contribution in [0.2, 0.25) is 0 Å². The molecule has 3 rings (SSSR count).